The molecule has 4 N–H and O–H groups in total. The monoisotopic (exact) mass is 1340 g/mol. The van der Waals surface area contributed by atoms with Gasteiger partial charge in [0.25, 0.3) is 0 Å². The molecule has 6 heteroatoms. The Bertz CT molecular complexity index is 4480. The largest absolute Gasteiger partial charge is 0.321 e. The van der Waals surface area contributed by atoms with Gasteiger partial charge in [0, 0.05) is 50.8 Å². The first-order chi connectivity index (χ1) is 49.0. The van der Waals surface area contributed by atoms with Crippen molar-refractivity contribution in [3.8, 4) is 66.8 Å². The normalized spacial score (nSPS) is 12.7. The molecular weight excluding hydrogens is 1240 g/mol. The Hall–Kier alpha value is -9.46. The molecule has 0 amide bonds. The van der Waals surface area contributed by atoms with E-state index in [1.54, 1.807) is 18.2 Å². The van der Waals surface area contributed by atoms with Gasteiger partial charge in [0.2, 0.25) is 0 Å². The topological polar surface area (TPSA) is 58.5 Å². The number of aryl methyl sites for hydroxylation is 4. The summed E-state index contributed by atoms with van der Waals surface area (Å²) < 4.78 is 36.0. The third kappa shape index (κ3) is 17.5. The summed E-state index contributed by atoms with van der Waals surface area (Å²) >= 11 is 0. The molecule has 0 aliphatic heterocycles. The zero-order valence-electron chi connectivity index (χ0n) is 61.1. The molecule has 0 spiro atoms. The minimum absolute atomic E-state index is 0.310. The Morgan fingerprint density at radius 1 is 0.356 bits per heavy atom. The SMILES string of the molecule is C=CC(C)(N)c1ccc(-c2ccc(N(c3ccc(-c4ccc(CCC)cc4)cc3)c3ccc(-c4cc(CCCCCC)c(-c5ccc(N(c6ccc(-c7ccc(CCC)cc7)cc6)c6ccc(-c7ccc(C(N)(CC)CC(C)C)cc7)cc6)cc5F)cc4CCCCCC)c(F)c3)cc2)cc1. The van der Waals surface area contributed by atoms with Crippen LogP contribution in [0.4, 0.5) is 42.9 Å². The highest BCUT2D eigenvalue weighted by Crippen LogP contribution is 2.44. The summed E-state index contributed by atoms with van der Waals surface area (Å²) in [6, 6.07) is 84.9. The van der Waals surface area contributed by atoms with Crippen LogP contribution in [-0.2, 0) is 36.8 Å². The predicted octanol–water partition coefficient (Wildman–Crippen LogP) is 27.0. The molecule has 11 rings (SSSR count). The van der Waals surface area contributed by atoms with E-state index in [0.717, 1.165) is 203 Å². The molecule has 0 radical (unpaired) electrons. The van der Waals surface area contributed by atoms with Gasteiger partial charge in [-0.3, -0.25) is 0 Å². The highest BCUT2D eigenvalue weighted by atomic mass is 19.1. The van der Waals surface area contributed by atoms with E-state index in [1.165, 1.54) is 11.1 Å². The molecule has 518 valence electrons. The Morgan fingerprint density at radius 2 is 0.663 bits per heavy atom. The number of rotatable bonds is 32. The molecule has 11 aromatic rings. The van der Waals surface area contributed by atoms with E-state index in [-0.39, 0.29) is 17.2 Å². The lowest BCUT2D eigenvalue weighted by Gasteiger charge is -2.31. The van der Waals surface area contributed by atoms with Crippen molar-refractivity contribution in [3.05, 3.63) is 300 Å². The van der Waals surface area contributed by atoms with Gasteiger partial charge in [-0.05, 0) is 238 Å². The minimum atomic E-state index is -0.639. The van der Waals surface area contributed by atoms with Crippen molar-refractivity contribution < 1.29 is 8.78 Å². The van der Waals surface area contributed by atoms with E-state index in [1.807, 2.05) is 19.1 Å². The number of unbranched alkanes of at least 4 members (excludes halogenated alkanes) is 6. The van der Waals surface area contributed by atoms with E-state index in [9.17, 15) is 0 Å². The molecule has 0 bridgehead atoms. The van der Waals surface area contributed by atoms with Crippen LogP contribution in [0, 0.1) is 17.6 Å². The summed E-state index contributed by atoms with van der Waals surface area (Å²) in [6.45, 7) is 21.4. The molecule has 2 unspecified atom stereocenters. The van der Waals surface area contributed by atoms with Crippen molar-refractivity contribution in [2.24, 2.45) is 17.4 Å². The van der Waals surface area contributed by atoms with Crippen LogP contribution in [0.3, 0.4) is 0 Å². The lowest BCUT2D eigenvalue weighted by Crippen LogP contribution is -2.37. The molecule has 0 heterocycles. The van der Waals surface area contributed by atoms with Crippen LogP contribution in [0.15, 0.2) is 255 Å². The number of benzene rings is 11. The first-order valence-corrected chi connectivity index (χ1v) is 37.4. The quantitative estimate of drug-likeness (QED) is 0.0326. The van der Waals surface area contributed by atoms with Gasteiger partial charge in [-0.1, -0.05) is 264 Å². The Labute approximate surface area is 602 Å². The molecular formula is C95H104F2N4. The maximum Gasteiger partial charge on any atom is 0.133 e. The fourth-order valence-corrected chi connectivity index (χ4v) is 14.6. The Balaban J connectivity index is 0.972. The van der Waals surface area contributed by atoms with Gasteiger partial charge in [0.1, 0.15) is 11.6 Å². The fourth-order valence-electron chi connectivity index (χ4n) is 14.6. The molecule has 0 saturated carbocycles. The maximum atomic E-state index is 18.0. The van der Waals surface area contributed by atoms with E-state index in [2.05, 4.69) is 283 Å². The van der Waals surface area contributed by atoms with Crippen molar-refractivity contribution in [3.63, 3.8) is 0 Å². The predicted molar refractivity (Wildman–Crippen MR) is 429 cm³/mol. The highest BCUT2D eigenvalue weighted by Gasteiger charge is 2.27. The minimum Gasteiger partial charge on any atom is -0.321 e. The molecule has 11 aromatic carbocycles. The highest BCUT2D eigenvalue weighted by molar-refractivity contribution is 5.86. The Morgan fingerprint density at radius 3 is 0.950 bits per heavy atom. The number of hydrogen-bond donors (Lipinski definition) is 2. The molecule has 0 saturated heterocycles. The zero-order chi connectivity index (χ0) is 71.0. The van der Waals surface area contributed by atoms with Crippen LogP contribution in [0.25, 0.3) is 66.8 Å². The van der Waals surface area contributed by atoms with Crippen LogP contribution in [0.2, 0.25) is 0 Å². The summed E-state index contributed by atoms with van der Waals surface area (Å²) in [7, 11) is 0. The Kier molecular flexibility index (Phi) is 24.4. The van der Waals surface area contributed by atoms with E-state index in [0.29, 0.717) is 28.4 Å². The van der Waals surface area contributed by atoms with Gasteiger partial charge in [0.15, 0.2) is 0 Å². The van der Waals surface area contributed by atoms with Gasteiger partial charge in [-0.2, -0.15) is 0 Å². The molecule has 0 aliphatic carbocycles. The smallest absolute Gasteiger partial charge is 0.133 e. The van der Waals surface area contributed by atoms with Crippen LogP contribution in [-0.4, -0.2) is 0 Å². The van der Waals surface area contributed by atoms with Gasteiger partial charge < -0.3 is 21.3 Å². The third-order valence-corrected chi connectivity index (χ3v) is 20.5. The second-order valence-electron chi connectivity index (χ2n) is 28.6. The summed E-state index contributed by atoms with van der Waals surface area (Å²) in [5, 5.41) is 0. The molecule has 2 atom stereocenters. The average molecular weight is 1340 g/mol. The lowest BCUT2D eigenvalue weighted by molar-refractivity contribution is 0.338. The molecule has 0 fully saturated rings. The number of nitrogens with two attached hydrogens (primary N) is 2. The van der Waals surface area contributed by atoms with Crippen LogP contribution >= 0.6 is 0 Å². The van der Waals surface area contributed by atoms with Gasteiger partial charge in [-0.25, -0.2) is 8.78 Å². The molecule has 0 aromatic heterocycles. The van der Waals surface area contributed by atoms with Gasteiger partial charge in [0.05, 0.1) is 5.54 Å². The number of halogens is 2. The van der Waals surface area contributed by atoms with E-state index >= 15 is 8.78 Å². The lowest BCUT2D eigenvalue weighted by atomic mass is 9.81. The second kappa shape index (κ2) is 33.8. The van der Waals surface area contributed by atoms with Crippen molar-refractivity contribution in [1.29, 1.82) is 0 Å². The summed E-state index contributed by atoms with van der Waals surface area (Å²) in [4.78, 5) is 4.30. The summed E-state index contributed by atoms with van der Waals surface area (Å²) in [5.41, 5.74) is 36.0. The zero-order valence-corrected chi connectivity index (χ0v) is 61.1. The standard InChI is InChI=1S/C95H104F2N4/c1-10-16-18-20-24-78-63-91(89-61-59-87(65-93(89)97)101(83-52-40-75(41-53-83)71-32-28-69(23-13-4)29-33-71)85-56-44-77(45-57-85)73-36-48-81(49-37-73)95(99,15-6)66-67(7)8)79(25-21-19-17-11-2)62-90(78)88-60-58-86(64-92(88)96)100(82-50-38-74(39-51-82)70-30-26-68(22-12-3)27-31-70)84-54-42-76(43-55-84)72-34-46-80(47-35-72)94(9,98)14-5/h14,26-65,67H,5,10-13,15-25,66,98-99H2,1-4,6-9H3. The van der Waals surface area contributed by atoms with Crippen LogP contribution in [0.5, 0.6) is 0 Å². The van der Waals surface area contributed by atoms with Gasteiger partial charge >= 0.3 is 0 Å². The van der Waals surface area contributed by atoms with E-state index in [4.69, 9.17) is 11.5 Å². The molecule has 0 aliphatic rings. The van der Waals surface area contributed by atoms with Crippen molar-refractivity contribution in [2.75, 3.05) is 9.80 Å². The first kappa shape index (κ1) is 72.8. The second-order valence-corrected chi connectivity index (χ2v) is 28.6. The number of anilines is 6. The van der Waals surface area contributed by atoms with Crippen molar-refractivity contribution in [1.82, 2.24) is 0 Å². The first-order valence-electron chi connectivity index (χ1n) is 37.4. The maximum absolute atomic E-state index is 18.0. The van der Waals surface area contributed by atoms with Gasteiger partial charge in [-0.15, -0.1) is 6.58 Å². The van der Waals surface area contributed by atoms with Crippen LogP contribution in [0.1, 0.15) is 166 Å². The third-order valence-electron chi connectivity index (χ3n) is 20.5. The summed E-state index contributed by atoms with van der Waals surface area (Å²) in [5.74, 6) is -0.144. The molecule has 101 heavy (non-hydrogen) atoms. The van der Waals surface area contributed by atoms with Crippen LogP contribution < -0.4 is 21.3 Å². The fraction of sp³-hybridized carbons (Fsp3) is 0.284. The molecule has 4 nitrogen and oxygen atoms in total. The van der Waals surface area contributed by atoms with Crippen molar-refractivity contribution in [2.45, 2.75) is 169 Å². The number of hydrogen-bond acceptors (Lipinski definition) is 4. The van der Waals surface area contributed by atoms with E-state index < -0.39 is 5.54 Å². The average Bonchev–Trinajstić information content (AvgIpc) is 0.770. The summed E-state index contributed by atoms with van der Waals surface area (Å²) in [6.07, 6.45) is 17.6. The van der Waals surface area contributed by atoms with Crippen molar-refractivity contribution >= 4 is 34.1 Å². The number of nitrogens with zero attached hydrogens (tertiary/aromatic N) is 2.